The summed E-state index contributed by atoms with van der Waals surface area (Å²) in [5.41, 5.74) is 1.77. The summed E-state index contributed by atoms with van der Waals surface area (Å²) in [7, 11) is 1.97. The summed E-state index contributed by atoms with van der Waals surface area (Å²) in [6.45, 7) is 2.22. The fourth-order valence-electron chi connectivity index (χ4n) is 2.65. The van der Waals surface area contributed by atoms with Gasteiger partial charge in [0.1, 0.15) is 5.82 Å². The van der Waals surface area contributed by atoms with Gasteiger partial charge in [-0.05, 0) is 30.9 Å². The van der Waals surface area contributed by atoms with Gasteiger partial charge in [-0.3, -0.25) is 0 Å². The quantitative estimate of drug-likeness (QED) is 0.883. The van der Waals surface area contributed by atoms with E-state index in [1.807, 2.05) is 18.0 Å². The number of benzene rings is 1. The van der Waals surface area contributed by atoms with E-state index in [0.717, 1.165) is 30.8 Å². The van der Waals surface area contributed by atoms with Gasteiger partial charge < -0.3 is 15.0 Å². The zero-order chi connectivity index (χ0) is 13.2. The lowest BCUT2D eigenvalue weighted by Crippen LogP contribution is -2.33. The minimum Gasteiger partial charge on any atom is -0.379 e. The van der Waals surface area contributed by atoms with E-state index in [9.17, 15) is 4.39 Å². The highest BCUT2D eigenvalue weighted by Crippen LogP contribution is 2.28. The van der Waals surface area contributed by atoms with E-state index in [0.29, 0.717) is 12.6 Å². The summed E-state index contributed by atoms with van der Waals surface area (Å²) in [6.07, 6.45) is 3.47. The zero-order valence-corrected chi connectivity index (χ0v) is 11.4. The van der Waals surface area contributed by atoms with Crippen LogP contribution in [0.2, 0.25) is 0 Å². The molecule has 1 heterocycles. The van der Waals surface area contributed by atoms with Crippen LogP contribution in [-0.2, 0) is 11.3 Å². The van der Waals surface area contributed by atoms with E-state index in [1.54, 1.807) is 12.1 Å². The van der Waals surface area contributed by atoms with Crippen molar-refractivity contribution in [2.75, 3.05) is 25.2 Å². The van der Waals surface area contributed by atoms with E-state index >= 15 is 0 Å². The summed E-state index contributed by atoms with van der Waals surface area (Å²) in [5, 5.41) is 3.46. The van der Waals surface area contributed by atoms with Crippen LogP contribution in [0.5, 0.6) is 0 Å². The van der Waals surface area contributed by atoms with E-state index in [4.69, 9.17) is 4.74 Å². The van der Waals surface area contributed by atoms with Crippen LogP contribution in [-0.4, -0.2) is 32.3 Å². The Morgan fingerprint density at radius 3 is 2.89 bits per heavy atom. The molecule has 1 atom stereocenters. The Hall–Kier alpha value is -1.13. The molecule has 19 heavy (non-hydrogen) atoms. The van der Waals surface area contributed by atoms with Crippen LogP contribution in [0.3, 0.4) is 0 Å². The molecule has 1 saturated carbocycles. The van der Waals surface area contributed by atoms with Crippen molar-refractivity contribution in [2.24, 2.45) is 0 Å². The average Bonchev–Trinajstić information content (AvgIpc) is 3.07. The van der Waals surface area contributed by atoms with Crippen molar-refractivity contribution in [3.8, 4) is 0 Å². The monoisotopic (exact) mass is 264 g/mol. The van der Waals surface area contributed by atoms with E-state index in [1.165, 1.54) is 12.8 Å². The Bertz CT molecular complexity index is 442. The third kappa shape index (κ3) is 2.90. The lowest BCUT2D eigenvalue weighted by Gasteiger charge is -2.28. The first kappa shape index (κ1) is 12.9. The molecule has 2 aliphatic rings. The van der Waals surface area contributed by atoms with Crippen LogP contribution in [0.4, 0.5) is 10.1 Å². The van der Waals surface area contributed by atoms with Crippen LogP contribution in [0.25, 0.3) is 0 Å². The third-order valence-electron chi connectivity index (χ3n) is 4.03. The van der Waals surface area contributed by atoms with Gasteiger partial charge in [-0.2, -0.15) is 0 Å². The van der Waals surface area contributed by atoms with Gasteiger partial charge in [0.2, 0.25) is 0 Å². The SMILES string of the molecule is CN(c1c(F)cccc1CNC1CC1)C1CCOC1. The number of halogens is 1. The molecule has 1 saturated heterocycles. The Morgan fingerprint density at radius 1 is 1.37 bits per heavy atom. The smallest absolute Gasteiger partial charge is 0.146 e. The Labute approximate surface area is 113 Å². The maximum absolute atomic E-state index is 14.2. The van der Waals surface area contributed by atoms with Gasteiger partial charge in [-0.1, -0.05) is 12.1 Å². The first-order valence-corrected chi connectivity index (χ1v) is 7.07. The summed E-state index contributed by atoms with van der Waals surface area (Å²) >= 11 is 0. The molecule has 1 aliphatic heterocycles. The lowest BCUT2D eigenvalue weighted by molar-refractivity contribution is 0.193. The summed E-state index contributed by atoms with van der Waals surface area (Å²) in [6, 6.07) is 6.28. The predicted molar refractivity (Wildman–Crippen MR) is 73.9 cm³/mol. The molecular formula is C15H21FN2O. The Kier molecular flexibility index (Phi) is 3.71. The molecule has 0 spiro atoms. The normalized spacial score (nSPS) is 22.7. The van der Waals surface area contributed by atoms with Crippen LogP contribution < -0.4 is 10.2 Å². The molecule has 4 heteroatoms. The molecule has 2 fully saturated rings. The largest absolute Gasteiger partial charge is 0.379 e. The van der Waals surface area contributed by atoms with E-state index in [2.05, 4.69) is 5.32 Å². The van der Waals surface area contributed by atoms with Crippen molar-refractivity contribution < 1.29 is 9.13 Å². The standard InChI is InChI=1S/C15H21FN2O/c1-18(13-7-8-19-10-13)15-11(3-2-4-14(15)16)9-17-12-5-6-12/h2-4,12-13,17H,5-10H2,1H3. The fourth-order valence-corrected chi connectivity index (χ4v) is 2.65. The number of nitrogens with one attached hydrogen (secondary N) is 1. The molecule has 1 N–H and O–H groups in total. The topological polar surface area (TPSA) is 24.5 Å². The number of hydrogen-bond donors (Lipinski definition) is 1. The second-order valence-corrected chi connectivity index (χ2v) is 5.53. The maximum Gasteiger partial charge on any atom is 0.146 e. The van der Waals surface area contributed by atoms with Gasteiger partial charge in [0.15, 0.2) is 0 Å². The molecule has 0 aromatic heterocycles. The number of ether oxygens (including phenoxy) is 1. The maximum atomic E-state index is 14.2. The number of likely N-dealkylation sites (N-methyl/N-ethyl adjacent to an activating group) is 1. The van der Waals surface area contributed by atoms with Crippen molar-refractivity contribution in [2.45, 2.75) is 37.9 Å². The molecule has 1 aromatic carbocycles. The second kappa shape index (κ2) is 5.47. The van der Waals surface area contributed by atoms with Crippen molar-refractivity contribution in [3.63, 3.8) is 0 Å². The zero-order valence-electron chi connectivity index (χ0n) is 11.4. The Morgan fingerprint density at radius 2 is 2.21 bits per heavy atom. The van der Waals surface area contributed by atoms with Crippen molar-refractivity contribution in [1.29, 1.82) is 0 Å². The highest BCUT2D eigenvalue weighted by atomic mass is 19.1. The molecule has 0 bridgehead atoms. The van der Waals surface area contributed by atoms with Crippen molar-refractivity contribution >= 4 is 5.69 Å². The van der Waals surface area contributed by atoms with Crippen molar-refractivity contribution in [3.05, 3.63) is 29.6 Å². The third-order valence-corrected chi connectivity index (χ3v) is 4.03. The van der Waals surface area contributed by atoms with Gasteiger partial charge in [0.05, 0.1) is 18.3 Å². The van der Waals surface area contributed by atoms with Crippen LogP contribution >= 0.6 is 0 Å². The molecule has 1 aromatic rings. The first-order valence-electron chi connectivity index (χ1n) is 7.07. The highest BCUT2D eigenvalue weighted by Gasteiger charge is 2.25. The van der Waals surface area contributed by atoms with Crippen LogP contribution in [0.15, 0.2) is 18.2 Å². The Balaban J connectivity index is 1.79. The molecule has 1 aliphatic carbocycles. The van der Waals surface area contributed by atoms with Crippen LogP contribution in [0.1, 0.15) is 24.8 Å². The molecule has 1 unspecified atom stereocenters. The number of nitrogens with zero attached hydrogens (tertiary/aromatic N) is 1. The van der Waals surface area contributed by atoms with Gasteiger partial charge in [0.25, 0.3) is 0 Å². The van der Waals surface area contributed by atoms with Crippen LogP contribution in [0, 0.1) is 5.82 Å². The van der Waals surface area contributed by atoms with E-state index < -0.39 is 0 Å². The molecule has 0 amide bonds. The first-order chi connectivity index (χ1) is 9.25. The average molecular weight is 264 g/mol. The summed E-state index contributed by atoms with van der Waals surface area (Å²) in [4.78, 5) is 2.05. The number of rotatable bonds is 5. The van der Waals surface area contributed by atoms with Crippen molar-refractivity contribution in [1.82, 2.24) is 5.32 Å². The molecule has 3 nitrogen and oxygen atoms in total. The lowest BCUT2D eigenvalue weighted by atomic mass is 10.1. The molecule has 104 valence electrons. The van der Waals surface area contributed by atoms with Gasteiger partial charge >= 0.3 is 0 Å². The minimum absolute atomic E-state index is 0.135. The number of hydrogen-bond acceptors (Lipinski definition) is 3. The summed E-state index contributed by atoms with van der Waals surface area (Å²) < 4.78 is 19.6. The van der Waals surface area contributed by atoms with Gasteiger partial charge in [-0.15, -0.1) is 0 Å². The number of para-hydroxylation sites is 1. The second-order valence-electron chi connectivity index (χ2n) is 5.53. The van der Waals surface area contributed by atoms with Gasteiger partial charge in [0, 0.05) is 26.2 Å². The molecule has 0 radical (unpaired) electrons. The van der Waals surface area contributed by atoms with E-state index in [-0.39, 0.29) is 11.9 Å². The number of anilines is 1. The minimum atomic E-state index is -0.135. The molecule has 3 rings (SSSR count). The summed E-state index contributed by atoms with van der Waals surface area (Å²) in [5.74, 6) is -0.135. The van der Waals surface area contributed by atoms with Gasteiger partial charge in [-0.25, -0.2) is 4.39 Å². The fraction of sp³-hybridized carbons (Fsp3) is 0.600. The predicted octanol–water partition coefficient (Wildman–Crippen LogP) is 2.30. The highest BCUT2D eigenvalue weighted by molar-refractivity contribution is 5.55. The molecular weight excluding hydrogens is 243 g/mol.